The molecule has 7 nitrogen and oxygen atoms in total. The summed E-state index contributed by atoms with van der Waals surface area (Å²) in [6.07, 6.45) is 20.3. The Morgan fingerprint density at radius 2 is 1.08 bits per heavy atom. The first kappa shape index (κ1) is 38.7. The van der Waals surface area contributed by atoms with Crippen LogP contribution in [0, 0.1) is 0 Å². The fraction of sp³-hybridized carbons (Fsp3) is 0.733. The molecule has 0 spiro atoms. The van der Waals surface area contributed by atoms with Gasteiger partial charge in [-0.2, -0.15) is 0 Å². The van der Waals surface area contributed by atoms with E-state index in [1.54, 1.807) is 12.1 Å². The maximum atomic E-state index is 12.5. The molecule has 1 rings (SSSR count). The number of hydrogen-bond acceptors (Lipinski definition) is 7. The number of rotatable bonds is 23. The Morgan fingerprint density at radius 1 is 0.692 bits per heavy atom. The average molecular weight is 593 g/mol. The van der Waals surface area contributed by atoms with E-state index in [1.165, 1.54) is 103 Å². The molecule has 0 N–H and O–H groups in total. The molecule has 0 fully saturated rings. The summed E-state index contributed by atoms with van der Waals surface area (Å²) >= 11 is 0. The van der Waals surface area contributed by atoms with Gasteiger partial charge in [0.15, 0.2) is 0 Å². The molecule has 1 atom stereocenters. The molecule has 0 heterocycles. The normalized spacial score (nSPS) is 12.0. The minimum absolute atomic E-state index is 0. The zero-order chi connectivity index (χ0) is 28.1. The van der Waals surface area contributed by atoms with E-state index in [-0.39, 0.29) is 75.5 Å². The van der Waals surface area contributed by atoms with Crippen LogP contribution in [0.3, 0.4) is 0 Å². The minimum Gasteiger partial charge on any atom is -0.748 e. The van der Waals surface area contributed by atoms with E-state index >= 15 is 0 Å². The molecule has 0 aliphatic heterocycles. The van der Waals surface area contributed by atoms with Gasteiger partial charge in [0.05, 0.1) is 23.0 Å². The van der Waals surface area contributed by atoms with Crippen molar-refractivity contribution in [2.24, 2.45) is 0 Å². The van der Waals surface area contributed by atoms with Crippen LogP contribution in [0.4, 0.5) is 0 Å². The number of hydrogen-bond donors (Lipinski definition) is 0. The number of unbranched alkanes of at least 4 members (excludes halogenated alkanes) is 15. The molecule has 0 aliphatic carbocycles. The van der Waals surface area contributed by atoms with Gasteiger partial charge >= 0.3 is 63.3 Å². The summed E-state index contributed by atoms with van der Waals surface area (Å²) in [5, 5.41) is -1.32. The number of esters is 2. The molecule has 0 amide bonds. The number of carbonyl (C=O) groups excluding carboxylic acids is 2. The van der Waals surface area contributed by atoms with Crippen molar-refractivity contribution < 1.29 is 83.4 Å². The largest absolute Gasteiger partial charge is 1.00 e. The van der Waals surface area contributed by atoms with Crippen LogP contribution in [0.5, 0.6) is 0 Å². The zero-order valence-electron chi connectivity index (χ0n) is 24.6. The van der Waals surface area contributed by atoms with Crippen LogP contribution in [0.2, 0.25) is 0 Å². The predicted octanol–water partition coefficient (Wildman–Crippen LogP) is 4.59. The first-order chi connectivity index (χ1) is 18.3. The van der Waals surface area contributed by atoms with Crippen molar-refractivity contribution in [3.05, 3.63) is 35.4 Å². The average Bonchev–Trinajstić information content (AvgIpc) is 2.89. The van der Waals surface area contributed by atoms with Crippen LogP contribution in [-0.4, -0.2) is 43.4 Å². The van der Waals surface area contributed by atoms with Gasteiger partial charge in [0.25, 0.3) is 0 Å². The fourth-order valence-electron chi connectivity index (χ4n) is 4.38. The third kappa shape index (κ3) is 18.7. The molecule has 1 unspecified atom stereocenters. The van der Waals surface area contributed by atoms with Gasteiger partial charge in [-0.3, -0.25) is 0 Å². The summed E-state index contributed by atoms with van der Waals surface area (Å²) in [5.41, 5.74) is 0.0506. The summed E-state index contributed by atoms with van der Waals surface area (Å²) in [6, 6.07) is 6.07. The van der Waals surface area contributed by atoms with Gasteiger partial charge in [0.1, 0.15) is 16.7 Å². The molecule has 0 radical (unpaired) electrons. The Labute approximate surface area is 279 Å². The summed E-state index contributed by atoms with van der Waals surface area (Å²) < 4.78 is 44.0. The Hall–Kier alpha value is -0.294. The van der Waals surface area contributed by atoms with Crippen molar-refractivity contribution in [2.45, 2.75) is 128 Å². The third-order valence-electron chi connectivity index (χ3n) is 6.86. The summed E-state index contributed by atoms with van der Waals surface area (Å²) in [5.74, 6) is -1.48. The van der Waals surface area contributed by atoms with E-state index in [2.05, 4.69) is 6.92 Å². The molecule has 218 valence electrons. The van der Waals surface area contributed by atoms with Crippen molar-refractivity contribution in [1.82, 2.24) is 0 Å². The zero-order valence-corrected chi connectivity index (χ0v) is 28.5. The van der Waals surface area contributed by atoms with E-state index in [0.717, 1.165) is 19.3 Å². The van der Waals surface area contributed by atoms with Crippen LogP contribution in [0.25, 0.3) is 0 Å². The predicted molar refractivity (Wildman–Crippen MR) is 150 cm³/mol. The van der Waals surface area contributed by atoms with Crippen LogP contribution >= 0.6 is 0 Å². The molecule has 39 heavy (non-hydrogen) atoms. The molecule has 1 aromatic carbocycles. The quantitative estimate of drug-likeness (QED) is 0.0791. The topological polar surface area (TPSA) is 110 Å². The van der Waals surface area contributed by atoms with Crippen molar-refractivity contribution in [3.8, 4) is 0 Å². The number of carbonyl (C=O) groups is 2. The number of benzene rings is 1. The van der Waals surface area contributed by atoms with Crippen molar-refractivity contribution in [1.29, 1.82) is 0 Å². The summed E-state index contributed by atoms with van der Waals surface area (Å²) in [4.78, 5) is 24.9. The molecule has 1 aromatic rings. The van der Waals surface area contributed by atoms with Crippen molar-refractivity contribution >= 4 is 22.1 Å². The summed E-state index contributed by atoms with van der Waals surface area (Å²) in [6.45, 7) is 3.50. The fourth-order valence-corrected chi connectivity index (χ4v) is 5.03. The molecule has 0 aromatic heterocycles. The van der Waals surface area contributed by atoms with Crippen LogP contribution in [0.15, 0.2) is 24.3 Å². The second-order valence-electron chi connectivity index (χ2n) is 10.1. The van der Waals surface area contributed by atoms with Crippen LogP contribution in [-0.2, 0) is 19.6 Å². The molecule has 9 heteroatoms. The molecule has 0 saturated carbocycles. The van der Waals surface area contributed by atoms with E-state index in [9.17, 15) is 22.6 Å². The van der Waals surface area contributed by atoms with E-state index in [0.29, 0.717) is 0 Å². The molecule has 0 aliphatic rings. The van der Waals surface area contributed by atoms with E-state index in [4.69, 9.17) is 9.47 Å². The Bertz CT molecular complexity index is 889. The van der Waals surface area contributed by atoms with Gasteiger partial charge in [-0.05, 0) is 25.0 Å². The standard InChI is InChI=1S/C30H50O7S.K/c1-3-5-6-7-8-9-10-11-12-13-14-15-16-17-18-21-24-36-29(31)27-22-19-20-23-28(27)30(32)37-25-26(4-2)38(33,34)35;/h19-20,22-23,26H,3-18,21,24-25H2,1-2H3,(H,33,34,35);/q;+1/p-1. The maximum absolute atomic E-state index is 12.5. The third-order valence-corrected chi connectivity index (χ3v) is 8.15. The van der Waals surface area contributed by atoms with Gasteiger partial charge in [0.2, 0.25) is 0 Å². The monoisotopic (exact) mass is 592 g/mol. The van der Waals surface area contributed by atoms with Gasteiger partial charge in [-0.15, -0.1) is 0 Å². The SMILES string of the molecule is CCCCCCCCCCCCCCCCCCOC(=O)c1ccccc1C(=O)OCC(CC)S(=O)(=O)[O-].[K+]. The van der Waals surface area contributed by atoms with Crippen LogP contribution < -0.4 is 51.4 Å². The molecule has 0 bridgehead atoms. The van der Waals surface area contributed by atoms with Crippen molar-refractivity contribution in [2.75, 3.05) is 13.2 Å². The summed E-state index contributed by atoms with van der Waals surface area (Å²) in [7, 11) is -4.57. The molecular formula is C30H49KO7S. The van der Waals surface area contributed by atoms with E-state index < -0.39 is 33.9 Å². The Morgan fingerprint density at radius 3 is 1.46 bits per heavy atom. The number of ether oxygens (including phenoxy) is 2. The van der Waals surface area contributed by atoms with Crippen LogP contribution in [0.1, 0.15) is 144 Å². The first-order valence-corrected chi connectivity index (χ1v) is 16.2. The van der Waals surface area contributed by atoms with Gasteiger partial charge in [0, 0.05) is 0 Å². The Balaban J connectivity index is 0.0000144. The molecule has 0 saturated heterocycles. The second-order valence-corrected chi connectivity index (χ2v) is 11.8. The van der Waals surface area contributed by atoms with Crippen molar-refractivity contribution in [3.63, 3.8) is 0 Å². The second kappa shape index (κ2) is 24.3. The smallest absolute Gasteiger partial charge is 0.748 e. The maximum Gasteiger partial charge on any atom is 1.00 e. The molecular weight excluding hydrogens is 543 g/mol. The van der Waals surface area contributed by atoms with Gasteiger partial charge in [-0.25, -0.2) is 18.0 Å². The van der Waals surface area contributed by atoms with E-state index in [1.807, 2.05) is 0 Å². The Kier molecular flexibility index (Phi) is 24.1. The van der Waals surface area contributed by atoms with Gasteiger partial charge in [-0.1, -0.05) is 122 Å². The minimum atomic E-state index is -4.57. The van der Waals surface area contributed by atoms with Gasteiger partial charge < -0.3 is 14.0 Å². The first-order valence-electron chi connectivity index (χ1n) is 14.7.